The van der Waals surface area contributed by atoms with E-state index in [1.807, 2.05) is 6.92 Å². The summed E-state index contributed by atoms with van der Waals surface area (Å²) in [5, 5.41) is 23.5. The Morgan fingerprint density at radius 3 is 1.64 bits per heavy atom. The number of rotatable bonds is 15. The number of hydrogen-bond donors (Lipinski definition) is 0. The number of hydrogen-bond acceptors (Lipinski definition) is 4. The Morgan fingerprint density at radius 2 is 1.20 bits per heavy atom. The van der Waals surface area contributed by atoms with Gasteiger partial charge in [0.1, 0.15) is 0 Å². The number of aliphatic carboxylic acids is 2. The second-order valence-electron chi connectivity index (χ2n) is 6.66. The molecule has 136 valence electrons. The molecule has 0 fully saturated rings. The number of carboxylic acid groups (broad SMARTS) is 2. The third kappa shape index (κ3) is 10.8. The molecular formula is C19H34Na2O4. The fraction of sp³-hybridized carbons (Fsp3) is 0.895. The van der Waals surface area contributed by atoms with Crippen molar-refractivity contribution in [3.8, 4) is 0 Å². The summed E-state index contributed by atoms with van der Waals surface area (Å²) in [6, 6.07) is 0. The SMILES string of the molecule is CCCCCCCCC(C(=O)[O-])(C(=O)[O-])C(CC)CCCCC.[Na+].[Na+]. The molecule has 0 bridgehead atoms. The van der Waals surface area contributed by atoms with Crippen molar-refractivity contribution < 1.29 is 78.9 Å². The van der Waals surface area contributed by atoms with Crippen LogP contribution in [0.15, 0.2) is 0 Å². The Hall–Kier alpha value is 0.940. The van der Waals surface area contributed by atoms with Gasteiger partial charge in [-0.3, -0.25) is 0 Å². The van der Waals surface area contributed by atoms with Gasteiger partial charge in [-0.05, 0) is 18.8 Å². The van der Waals surface area contributed by atoms with Crippen molar-refractivity contribution >= 4 is 11.9 Å². The molecule has 25 heavy (non-hydrogen) atoms. The van der Waals surface area contributed by atoms with Crippen LogP contribution in [0.5, 0.6) is 0 Å². The first kappa shape index (κ1) is 30.7. The largest absolute Gasteiger partial charge is 1.00 e. The van der Waals surface area contributed by atoms with Crippen molar-refractivity contribution in [3.05, 3.63) is 0 Å². The zero-order chi connectivity index (χ0) is 17.7. The van der Waals surface area contributed by atoms with E-state index >= 15 is 0 Å². The first-order valence-corrected chi connectivity index (χ1v) is 9.40. The van der Waals surface area contributed by atoms with Crippen LogP contribution >= 0.6 is 0 Å². The molecule has 0 heterocycles. The molecule has 1 atom stereocenters. The molecule has 4 nitrogen and oxygen atoms in total. The first-order chi connectivity index (χ1) is 11.0. The van der Waals surface area contributed by atoms with Gasteiger partial charge in [-0.2, -0.15) is 0 Å². The van der Waals surface area contributed by atoms with Crippen LogP contribution in [0.4, 0.5) is 0 Å². The van der Waals surface area contributed by atoms with Crippen LogP contribution in [-0.4, -0.2) is 11.9 Å². The number of carboxylic acids is 2. The molecule has 0 aliphatic carbocycles. The van der Waals surface area contributed by atoms with E-state index in [4.69, 9.17) is 0 Å². The average molecular weight is 372 g/mol. The summed E-state index contributed by atoms with van der Waals surface area (Å²) in [6.45, 7) is 6.07. The fourth-order valence-electron chi connectivity index (χ4n) is 3.45. The smallest absolute Gasteiger partial charge is 0.549 e. The summed E-state index contributed by atoms with van der Waals surface area (Å²) in [6.07, 6.45) is 10.1. The molecule has 0 aromatic carbocycles. The van der Waals surface area contributed by atoms with Crippen LogP contribution in [0.25, 0.3) is 0 Å². The Kier molecular flexibility index (Phi) is 22.5. The van der Waals surface area contributed by atoms with Gasteiger partial charge >= 0.3 is 59.1 Å². The minimum Gasteiger partial charge on any atom is -0.549 e. The molecule has 6 heteroatoms. The predicted molar refractivity (Wildman–Crippen MR) is 88.4 cm³/mol. The third-order valence-corrected chi connectivity index (χ3v) is 5.00. The van der Waals surface area contributed by atoms with Crippen LogP contribution < -0.4 is 69.3 Å². The van der Waals surface area contributed by atoms with E-state index in [1.54, 1.807) is 0 Å². The van der Waals surface area contributed by atoms with E-state index in [0.717, 1.165) is 44.9 Å². The normalized spacial score (nSPS) is 12.0. The molecule has 0 saturated carbocycles. The molecule has 0 amide bonds. The molecule has 0 aromatic rings. The second-order valence-corrected chi connectivity index (χ2v) is 6.66. The summed E-state index contributed by atoms with van der Waals surface area (Å²) in [4.78, 5) is 23.5. The van der Waals surface area contributed by atoms with E-state index in [-0.39, 0.29) is 65.5 Å². The minimum absolute atomic E-state index is 0. The van der Waals surface area contributed by atoms with Crippen molar-refractivity contribution in [3.63, 3.8) is 0 Å². The number of unbranched alkanes of at least 4 members (excludes halogenated alkanes) is 7. The maximum absolute atomic E-state index is 11.7. The molecule has 0 spiro atoms. The van der Waals surface area contributed by atoms with Crippen molar-refractivity contribution in [2.75, 3.05) is 0 Å². The van der Waals surface area contributed by atoms with Gasteiger partial charge in [0, 0.05) is 0 Å². The Bertz CT molecular complexity index is 334. The Morgan fingerprint density at radius 1 is 0.760 bits per heavy atom. The van der Waals surface area contributed by atoms with Crippen LogP contribution in [-0.2, 0) is 9.59 Å². The van der Waals surface area contributed by atoms with Crippen LogP contribution in [0.1, 0.15) is 97.8 Å². The fourth-order valence-corrected chi connectivity index (χ4v) is 3.45. The van der Waals surface area contributed by atoms with E-state index in [2.05, 4.69) is 13.8 Å². The maximum atomic E-state index is 11.7. The van der Waals surface area contributed by atoms with Crippen LogP contribution in [0.3, 0.4) is 0 Å². The molecule has 0 rings (SSSR count). The summed E-state index contributed by atoms with van der Waals surface area (Å²) >= 11 is 0. The standard InChI is InChI=1S/C19H36O4.2Na/c1-4-7-9-10-11-13-15-19(17(20)21,18(22)23)16(6-3)14-12-8-5-2;;/h16H,4-15H2,1-3H3,(H,20,21)(H,22,23);;/q;2*+1/p-2. The van der Waals surface area contributed by atoms with Gasteiger partial charge in [-0.15, -0.1) is 0 Å². The monoisotopic (exact) mass is 372 g/mol. The van der Waals surface area contributed by atoms with Crippen LogP contribution in [0, 0.1) is 11.3 Å². The summed E-state index contributed by atoms with van der Waals surface area (Å²) < 4.78 is 0. The number of carbonyl (C=O) groups excluding carboxylic acids is 2. The zero-order valence-electron chi connectivity index (χ0n) is 17.2. The Labute approximate surface area is 198 Å². The van der Waals surface area contributed by atoms with E-state index in [9.17, 15) is 19.8 Å². The molecular weight excluding hydrogens is 338 g/mol. The molecule has 0 saturated heterocycles. The second kappa shape index (κ2) is 18.3. The van der Waals surface area contributed by atoms with Gasteiger partial charge in [0.2, 0.25) is 0 Å². The van der Waals surface area contributed by atoms with Crippen molar-refractivity contribution in [1.82, 2.24) is 0 Å². The van der Waals surface area contributed by atoms with Crippen molar-refractivity contribution in [1.29, 1.82) is 0 Å². The minimum atomic E-state index is -1.83. The Balaban J connectivity index is -0.00000242. The molecule has 0 aliphatic rings. The van der Waals surface area contributed by atoms with Gasteiger partial charge < -0.3 is 19.8 Å². The van der Waals surface area contributed by atoms with Crippen molar-refractivity contribution in [2.45, 2.75) is 97.8 Å². The number of carbonyl (C=O) groups is 2. The predicted octanol–water partition coefficient (Wildman–Crippen LogP) is -3.16. The van der Waals surface area contributed by atoms with Crippen LogP contribution in [0.2, 0.25) is 0 Å². The average Bonchev–Trinajstić information content (AvgIpc) is 2.51. The topological polar surface area (TPSA) is 80.3 Å². The first-order valence-electron chi connectivity index (χ1n) is 9.40. The van der Waals surface area contributed by atoms with Gasteiger partial charge in [0.15, 0.2) is 0 Å². The molecule has 0 N–H and O–H groups in total. The van der Waals surface area contributed by atoms with E-state index < -0.39 is 23.3 Å². The summed E-state index contributed by atoms with van der Waals surface area (Å²) in [5.74, 6) is -3.33. The third-order valence-electron chi connectivity index (χ3n) is 5.00. The molecule has 1 unspecified atom stereocenters. The molecule has 0 radical (unpaired) electrons. The van der Waals surface area contributed by atoms with Gasteiger partial charge in [0.05, 0.1) is 17.4 Å². The van der Waals surface area contributed by atoms with Crippen molar-refractivity contribution in [2.24, 2.45) is 11.3 Å². The molecule has 0 aliphatic heterocycles. The molecule has 0 aromatic heterocycles. The quantitative estimate of drug-likeness (QED) is 0.173. The zero-order valence-corrected chi connectivity index (χ0v) is 21.2. The summed E-state index contributed by atoms with van der Waals surface area (Å²) in [7, 11) is 0. The van der Waals surface area contributed by atoms with Gasteiger partial charge in [0.25, 0.3) is 0 Å². The van der Waals surface area contributed by atoms with E-state index in [0.29, 0.717) is 19.3 Å². The van der Waals surface area contributed by atoms with E-state index in [1.165, 1.54) is 6.42 Å². The summed E-state index contributed by atoms with van der Waals surface area (Å²) in [5.41, 5.74) is -1.83. The van der Waals surface area contributed by atoms with Gasteiger partial charge in [-0.1, -0.05) is 85.0 Å². The maximum Gasteiger partial charge on any atom is 1.00 e. The van der Waals surface area contributed by atoms with Gasteiger partial charge in [-0.25, -0.2) is 0 Å².